The summed E-state index contributed by atoms with van der Waals surface area (Å²) in [6.07, 6.45) is -3.02. The van der Waals surface area contributed by atoms with E-state index in [9.17, 15) is 18.0 Å². The summed E-state index contributed by atoms with van der Waals surface area (Å²) in [5, 5.41) is 10.4. The van der Waals surface area contributed by atoms with Crippen LogP contribution in [0.1, 0.15) is 5.56 Å². The van der Waals surface area contributed by atoms with E-state index in [0.29, 0.717) is 5.76 Å². The zero-order valence-corrected chi connectivity index (χ0v) is 13.8. The number of benzene rings is 1. The highest BCUT2D eigenvalue weighted by Gasteiger charge is 2.30. The van der Waals surface area contributed by atoms with Gasteiger partial charge in [-0.05, 0) is 30.3 Å². The van der Waals surface area contributed by atoms with Gasteiger partial charge in [0.1, 0.15) is 0 Å². The van der Waals surface area contributed by atoms with Gasteiger partial charge in [0, 0.05) is 5.69 Å². The van der Waals surface area contributed by atoms with Gasteiger partial charge in [-0.25, -0.2) is 4.68 Å². The smallest absolute Gasteiger partial charge is 0.416 e. The van der Waals surface area contributed by atoms with Crippen LogP contribution in [0.4, 0.5) is 18.9 Å². The Hall–Kier alpha value is -2.95. The Morgan fingerprint density at radius 1 is 1.27 bits per heavy atom. The van der Waals surface area contributed by atoms with E-state index >= 15 is 0 Å². The molecule has 0 spiro atoms. The van der Waals surface area contributed by atoms with Crippen LogP contribution in [0, 0.1) is 0 Å². The Kier molecular flexibility index (Phi) is 4.89. The summed E-state index contributed by atoms with van der Waals surface area (Å²) in [5.74, 6) is 5.95. The number of carbonyl (C=O) groups excluding carboxylic acids is 1. The van der Waals surface area contributed by atoms with E-state index in [4.69, 9.17) is 10.3 Å². The molecule has 0 aliphatic rings. The number of halogens is 3. The van der Waals surface area contributed by atoms with E-state index in [1.807, 2.05) is 0 Å². The molecule has 26 heavy (non-hydrogen) atoms. The number of thioether (sulfide) groups is 1. The van der Waals surface area contributed by atoms with Gasteiger partial charge in [0.25, 0.3) is 0 Å². The molecule has 136 valence electrons. The van der Waals surface area contributed by atoms with Crippen LogP contribution in [0.5, 0.6) is 0 Å². The number of hydrogen-bond acceptors (Lipinski definition) is 6. The fourth-order valence-corrected chi connectivity index (χ4v) is 2.71. The predicted octanol–water partition coefficient (Wildman–Crippen LogP) is 3.00. The molecule has 2 heterocycles. The summed E-state index contributed by atoms with van der Waals surface area (Å²) >= 11 is 0.991. The number of carbonyl (C=O) groups is 1. The molecular weight excluding hydrogens is 371 g/mol. The minimum Gasteiger partial charge on any atom is -0.461 e. The third-order valence-corrected chi connectivity index (χ3v) is 4.16. The van der Waals surface area contributed by atoms with Crippen molar-refractivity contribution in [2.75, 3.05) is 16.9 Å². The molecule has 0 saturated heterocycles. The molecule has 0 unspecified atom stereocenters. The molecule has 0 aliphatic heterocycles. The Balaban J connectivity index is 1.62. The average Bonchev–Trinajstić information content (AvgIpc) is 3.22. The molecule has 1 aromatic carbocycles. The van der Waals surface area contributed by atoms with E-state index < -0.39 is 17.6 Å². The number of hydrogen-bond donors (Lipinski definition) is 2. The van der Waals surface area contributed by atoms with Crippen molar-refractivity contribution < 1.29 is 22.4 Å². The first-order valence-corrected chi connectivity index (χ1v) is 8.17. The summed E-state index contributed by atoms with van der Waals surface area (Å²) in [4.78, 5) is 12.0. The van der Waals surface area contributed by atoms with Gasteiger partial charge in [0.05, 0.1) is 17.6 Å². The average molecular weight is 383 g/mol. The van der Waals surface area contributed by atoms with Gasteiger partial charge in [-0.15, -0.1) is 10.2 Å². The monoisotopic (exact) mass is 383 g/mol. The fourth-order valence-electron chi connectivity index (χ4n) is 2.05. The third-order valence-electron chi connectivity index (χ3n) is 3.21. The first-order chi connectivity index (χ1) is 12.3. The lowest BCUT2D eigenvalue weighted by atomic mass is 10.2. The fraction of sp³-hybridized carbons (Fsp3) is 0.133. The molecular formula is C15H12F3N5O2S. The molecule has 3 N–H and O–H groups in total. The Labute approximate surface area is 149 Å². The van der Waals surface area contributed by atoms with Gasteiger partial charge in [-0.2, -0.15) is 13.2 Å². The van der Waals surface area contributed by atoms with Crippen molar-refractivity contribution in [2.45, 2.75) is 11.3 Å². The quantitative estimate of drug-likeness (QED) is 0.519. The van der Waals surface area contributed by atoms with Crippen LogP contribution in [0.25, 0.3) is 11.6 Å². The number of nitrogens with two attached hydrogens (primary N) is 1. The summed E-state index contributed by atoms with van der Waals surface area (Å²) in [6, 6.07) is 7.71. The number of amides is 1. The number of nitrogens with one attached hydrogen (secondary N) is 1. The predicted molar refractivity (Wildman–Crippen MR) is 88.7 cm³/mol. The summed E-state index contributed by atoms with van der Waals surface area (Å²) < 4.78 is 44.4. The zero-order valence-electron chi connectivity index (χ0n) is 13.0. The second-order valence-corrected chi connectivity index (χ2v) is 6.01. The first kappa shape index (κ1) is 17.9. The molecule has 0 saturated carbocycles. The molecule has 3 rings (SSSR count). The maximum Gasteiger partial charge on any atom is 0.416 e. The van der Waals surface area contributed by atoms with Crippen molar-refractivity contribution in [1.29, 1.82) is 0 Å². The van der Waals surface area contributed by atoms with Crippen LogP contribution in [-0.4, -0.2) is 26.5 Å². The molecule has 0 radical (unpaired) electrons. The van der Waals surface area contributed by atoms with Gasteiger partial charge in [0.2, 0.25) is 16.9 Å². The van der Waals surface area contributed by atoms with Gasteiger partial charge >= 0.3 is 6.18 Å². The maximum atomic E-state index is 12.7. The second kappa shape index (κ2) is 7.12. The number of nitrogen functional groups attached to an aromatic ring is 1. The van der Waals surface area contributed by atoms with Crippen LogP contribution in [0.15, 0.2) is 52.2 Å². The normalized spacial score (nSPS) is 11.5. The van der Waals surface area contributed by atoms with Gasteiger partial charge in [-0.1, -0.05) is 17.8 Å². The Bertz CT molecular complexity index is 908. The molecule has 0 atom stereocenters. The molecule has 0 bridgehead atoms. The zero-order chi connectivity index (χ0) is 18.7. The Morgan fingerprint density at radius 2 is 2.08 bits per heavy atom. The van der Waals surface area contributed by atoms with Gasteiger partial charge in [0.15, 0.2) is 5.76 Å². The molecule has 7 nitrogen and oxygen atoms in total. The van der Waals surface area contributed by atoms with Crippen LogP contribution in [-0.2, 0) is 11.0 Å². The molecule has 1 amide bonds. The van der Waals surface area contributed by atoms with Crippen molar-refractivity contribution in [3.8, 4) is 11.6 Å². The molecule has 2 aromatic heterocycles. The minimum atomic E-state index is -4.48. The minimum absolute atomic E-state index is 0.0518. The standard InChI is InChI=1S/C15H12F3N5O2S/c16-15(17,18)9-3-1-4-10(7-9)20-12(24)8-26-14-22-21-13(23(14)19)11-5-2-6-25-11/h1-7H,8,19H2,(H,20,24). The van der Waals surface area contributed by atoms with Crippen LogP contribution in [0.3, 0.4) is 0 Å². The van der Waals surface area contributed by atoms with Crippen LogP contribution < -0.4 is 11.2 Å². The topological polar surface area (TPSA) is 99.0 Å². The molecule has 0 fully saturated rings. The third kappa shape index (κ3) is 3.99. The van der Waals surface area contributed by atoms with E-state index in [-0.39, 0.29) is 22.4 Å². The van der Waals surface area contributed by atoms with Crippen molar-refractivity contribution in [2.24, 2.45) is 0 Å². The lowest BCUT2D eigenvalue weighted by Gasteiger charge is -2.09. The Morgan fingerprint density at radius 3 is 2.77 bits per heavy atom. The highest BCUT2D eigenvalue weighted by atomic mass is 32.2. The molecule has 11 heteroatoms. The number of anilines is 1. The highest BCUT2D eigenvalue weighted by Crippen LogP contribution is 2.30. The highest BCUT2D eigenvalue weighted by molar-refractivity contribution is 7.99. The lowest BCUT2D eigenvalue weighted by Crippen LogP contribution is -2.17. The lowest BCUT2D eigenvalue weighted by molar-refractivity contribution is -0.137. The van der Waals surface area contributed by atoms with E-state index in [1.165, 1.54) is 23.1 Å². The van der Waals surface area contributed by atoms with Crippen molar-refractivity contribution in [1.82, 2.24) is 14.9 Å². The molecule has 3 aromatic rings. The van der Waals surface area contributed by atoms with Crippen molar-refractivity contribution in [3.63, 3.8) is 0 Å². The van der Waals surface area contributed by atoms with Crippen molar-refractivity contribution in [3.05, 3.63) is 48.2 Å². The molecule has 0 aliphatic carbocycles. The van der Waals surface area contributed by atoms with Crippen LogP contribution >= 0.6 is 11.8 Å². The van der Waals surface area contributed by atoms with Crippen molar-refractivity contribution >= 4 is 23.4 Å². The number of alkyl halides is 3. The van der Waals surface area contributed by atoms with E-state index in [1.54, 1.807) is 12.1 Å². The number of furan rings is 1. The number of nitrogens with zero attached hydrogens (tertiary/aromatic N) is 3. The number of rotatable bonds is 5. The summed E-state index contributed by atoms with van der Waals surface area (Å²) in [7, 11) is 0. The number of aromatic nitrogens is 3. The summed E-state index contributed by atoms with van der Waals surface area (Å²) in [5.41, 5.74) is -0.788. The van der Waals surface area contributed by atoms with Gasteiger partial charge < -0.3 is 15.6 Å². The van der Waals surface area contributed by atoms with E-state index in [0.717, 1.165) is 23.9 Å². The van der Waals surface area contributed by atoms with E-state index in [2.05, 4.69) is 15.5 Å². The first-order valence-electron chi connectivity index (χ1n) is 7.19. The summed E-state index contributed by atoms with van der Waals surface area (Å²) in [6.45, 7) is 0. The SMILES string of the molecule is Nn1c(SCC(=O)Nc2cccc(C(F)(F)F)c2)nnc1-c1ccco1. The van der Waals surface area contributed by atoms with Crippen LogP contribution in [0.2, 0.25) is 0 Å². The second-order valence-electron chi connectivity index (χ2n) is 5.07. The largest absolute Gasteiger partial charge is 0.461 e. The maximum absolute atomic E-state index is 12.7. The van der Waals surface area contributed by atoms with Gasteiger partial charge in [-0.3, -0.25) is 4.79 Å².